The van der Waals surface area contributed by atoms with Gasteiger partial charge in [0.1, 0.15) is 0 Å². The van der Waals surface area contributed by atoms with E-state index in [9.17, 15) is 9.59 Å². The topological polar surface area (TPSA) is 52.7 Å². The van der Waals surface area contributed by atoms with Gasteiger partial charge in [0.15, 0.2) is 0 Å². The second-order valence-electron chi connectivity index (χ2n) is 8.00. The summed E-state index contributed by atoms with van der Waals surface area (Å²) in [6.45, 7) is 7.23. The number of carbonyl (C=O) groups is 2. The van der Waals surface area contributed by atoms with Gasteiger partial charge in [-0.1, -0.05) is 30.5 Å². The molecule has 1 unspecified atom stereocenters. The van der Waals surface area contributed by atoms with Gasteiger partial charge in [0.2, 0.25) is 5.91 Å². The maximum absolute atomic E-state index is 12.7. The maximum atomic E-state index is 12.7. The number of amides is 2. The van der Waals surface area contributed by atoms with E-state index in [2.05, 4.69) is 10.2 Å². The molecule has 1 aromatic rings. The van der Waals surface area contributed by atoms with Crippen molar-refractivity contribution in [2.24, 2.45) is 5.92 Å². The normalized spacial score (nSPS) is 21.5. The molecule has 0 radical (unpaired) electrons. The average Bonchev–Trinajstić information content (AvgIpc) is 2.97. The van der Waals surface area contributed by atoms with Gasteiger partial charge in [0, 0.05) is 31.7 Å². The van der Waals surface area contributed by atoms with E-state index >= 15 is 0 Å². The summed E-state index contributed by atoms with van der Waals surface area (Å²) in [5.41, 5.74) is 1.86. The van der Waals surface area contributed by atoms with Crippen LogP contribution >= 0.6 is 0 Å². The van der Waals surface area contributed by atoms with E-state index in [0.717, 1.165) is 44.6 Å². The summed E-state index contributed by atoms with van der Waals surface area (Å²) in [6, 6.07) is 7.68. The smallest absolute Gasteiger partial charge is 0.253 e. The Balaban J connectivity index is 1.46. The highest BCUT2D eigenvalue weighted by Crippen LogP contribution is 2.19. The molecule has 0 aliphatic carbocycles. The number of likely N-dealkylation sites (tertiary alicyclic amines) is 2. The zero-order valence-corrected chi connectivity index (χ0v) is 16.6. The Morgan fingerprint density at radius 1 is 1.00 bits per heavy atom. The molecule has 2 saturated heterocycles. The molecule has 2 aliphatic rings. The van der Waals surface area contributed by atoms with Gasteiger partial charge >= 0.3 is 0 Å². The molecule has 0 aromatic heterocycles. The predicted molar refractivity (Wildman–Crippen MR) is 108 cm³/mol. The number of piperidine rings is 1. The lowest BCUT2D eigenvalue weighted by Crippen LogP contribution is -2.46. The largest absolute Gasteiger partial charge is 0.355 e. The van der Waals surface area contributed by atoms with Crippen molar-refractivity contribution in [3.8, 4) is 0 Å². The number of nitrogens with one attached hydrogen (secondary N) is 1. The Hall–Kier alpha value is -1.88. The SMILES string of the molecule is Cc1ccc(C(=O)N2CCCC(C(=O)NCCN3CCCCCC3)C2)cc1. The molecule has 1 aromatic carbocycles. The van der Waals surface area contributed by atoms with Crippen molar-refractivity contribution in [2.75, 3.05) is 39.3 Å². The second kappa shape index (κ2) is 9.88. The van der Waals surface area contributed by atoms with Crippen LogP contribution in [0.2, 0.25) is 0 Å². The van der Waals surface area contributed by atoms with Crippen molar-refractivity contribution < 1.29 is 9.59 Å². The molecule has 2 aliphatic heterocycles. The quantitative estimate of drug-likeness (QED) is 0.866. The molecule has 148 valence electrons. The minimum absolute atomic E-state index is 0.0390. The van der Waals surface area contributed by atoms with Crippen molar-refractivity contribution in [2.45, 2.75) is 45.4 Å². The van der Waals surface area contributed by atoms with E-state index in [1.807, 2.05) is 36.1 Å². The van der Waals surface area contributed by atoms with Crippen molar-refractivity contribution in [1.29, 1.82) is 0 Å². The standard InChI is InChI=1S/C22H33N3O2/c1-18-8-10-19(11-9-18)22(27)25-15-6-7-20(17-25)21(26)23-12-16-24-13-4-2-3-5-14-24/h8-11,20H,2-7,12-17H2,1H3,(H,23,26). The fraction of sp³-hybridized carbons (Fsp3) is 0.636. The van der Waals surface area contributed by atoms with Gasteiger partial charge in [0.05, 0.1) is 5.92 Å². The summed E-state index contributed by atoms with van der Waals surface area (Å²) in [4.78, 5) is 29.6. The summed E-state index contributed by atoms with van der Waals surface area (Å²) in [5, 5.41) is 3.11. The van der Waals surface area contributed by atoms with Crippen molar-refractivity contribution in [3.05, 3.63) is 35.4 Å². The second-order valence-corrected chi connectivity index (χ2v) is 8.00. The van der Waals surface area contributed by atoms with Crippen LogP contribution in [0.5, 0.6) is 0 Å². The summed E-state index contributed by atoms with van der Waals surface area (Å²) in [7, 11) is 0. The zero-order chi connectivity index (χ0) is 19.1. The number of nitrogens with zero attached hydrogens (tertiary/aromatic N) is 2. The van der Waals surface area contributed by atoms with E-state index in [1.54, 1.807) is 0 Å². The van der Waals surface area contributed by atoms with Gasteiger partial charge in [-0.25, -0.2) is 0 Å². The van der Waals surface area contributed by atoms with Gasteiger partial charge < -0.3 is 15.1 Å². The molecular formula is C22H33N3O2. The van der Waals surface area contributed by atoms with Gasteiger partial charge in [-0.3, -0.25) is 9.59 Å². The van der Waals surface area contributed by atoms with Gasteiger partial charge in [-0.15, -0.1) is 0 Å². The molecule has 1 N–H and O–H groups in total. The molecule has 5 nitrogen and oxygen atoms in total. The molecular weight excluding hydrogens is 338 g/mol. The van der Waals surface area contributed by atoms with Gasteiger partial charge in [0.25, 0.3) is 5.91 Å². The highest BCUT2D eigenvalue weighted by atomic mass is 16.2. The third kappa shape index (κ3) is 5.80. The van der Waals surface area contributed by atoms with Crippen LogP contribution in [0.1, 0.15) is 54.4 Å². The van der Waals surface area contributed by atoms with Crippen LogP contribution in [0, 0.1) is 12.8 Å². The highest BCUT2D eigenvalue weighted by molar-refractivity contribution is 5.94. The summed E-state index contributed by atoms with van der Waals surface area (Å²) >= 11 is 0. The summed E-state index contributed by atoms with van der Waals surface area (Å²) in [6.07, 6.45) is 6.96. The third-order valence-electron chi connectivity index (χ3n) is 5.80. The number of carbonyl (C=O) groups excluding carboxylic acids is 2. The predicted octanol–water partition coefficient (Wildman–Crippen LogP) is 2.84. The van der Waals surface area contributed by atoms with Gasteiger partial charge in [-0.2, -0.15) is 0 Å². The van der Waals surface area contributed by atoms with Crippen molar-refractivity contribution in [3.63, 3.8) is 0 Å². The molecule has 0 spiro atoms. The van der Waals surface area contributed by atoms with Crippen LogP contribution in [0.4, 0.5) is 0 Å². The molecule has 2 heterocycles. The molecule has 1 atom stereocenters. The van der Waals surface area contributed by atoms with Crippen molar-refractivity contribution >= 4 is 11.8 Å². The monoisotopic (exact) mass is 371 g/mol. The van der Waals surface area contributed by atoms with Crippen molar-refractivity contribution in [1.82, 2.24) is 15.1 Å². The number of aryl methyl sites for hydroxylation is 1. The average molecular weight is 372 g/mol. The summed E-state index contributed by atoms with van der Waals surface area (Å²) in [5.74, 6) is 0.0561. The first-order valence-electron chi connectivity index (χ1n) is 10.5. The molecule has 3 rings (SSSR count). The maximum Gasteiger partial charge on any atom is 0.253 e. The van der Waals surface area contributed by atoms with E-state index < -0.39 is 0 Å². The van der Waals surface area contributed by atoms with Crippen LogP contribution in [-0.2, 0) is 4.79 Å². The van der Waals surface area contributed by atoms with Crippen LogP contribution in [0.25, 0.3) is 0 Å². The fourth-order valence-electron chi connectivity index (χ4n) is 4.10. The first-order valence-corrected chi connectivity index (χ1v) is 10.5. The molecule has 0 bridgehead atoms. The number of rotatable bonds is 5. The number of hydrogen-bond donors (Lipinski definition) is 1. The van der Waals surface area contributed by atoms with Gasteiger partial charge in [-0.05, 0) is 57.8 Å². The Bertz CT molecular complexity index is 621. The molecule has 2 fully saturated rings. The summed E-state index contributed by atoms with van der Waals surface area (Å²) < 4.78 is 0. The van der Waals surface area contributed by atoms with Crippen LogP contribution in [-0.4, -0.2) is 60.9 Å². The van der Waals surface area contributed by atoms with E-state index in [-0.39, 0.29) is 17.7 Å². The first kappa shape index (κ1) is 19.9. The Kier molecular flexibility index (Phi) is 7.27. The molecule has 27 heavy (non-hydrogen) atoms. The third-order valence-corrected chi connectivity index (χ3v) is 5.80. The fourth-order valence-corrected chi connectivity index (χ4v) is 4.10. The van der Waals surface area contributed by atoms with E-state index in [4.69, 9.17) is 0 Å². The highest BCUT2D eigenvalue weighted by Gasteiger charge is 2.28. The number of benzene rings is 1. The van der Waals surface area contributed by atoms with E-state index in [0.29, 0.717) is 18.7 Å². The molecule has 0 saturated carbocycles. The zero-order valence-electron chi connectivity index (χ0n) is 16.6. The van der Waals surface area contributed by atoms with E-state index in [1.165, 1.54) is 25.7 Å². The van der Waals surface area contributed by atoms with Crippen LogP contribution in [0.3, 0.4) is 0 Å². The Morgan fingerprint density at radius 3 is 2.41 bits per heavy atom. The lowest BCUT2D eigenvalue weighted by molar-refractivity contribution is -0.126. The molecule has 5 heteroatoms. The Labute approximate surface area is 163 Å². The molecule has 2 amide bonds. The lowest BCUT2D eigenvalue weighted by Gasteiger charge is -2.32. The first-order chi connectivity index (χ1) is 13.1. The number of hydrogen-bond acceptors (Lipinski definition) is 3. The Morgan fingerprint density at radius 2 is 1.70 bits per heavy atom. The van der Waals surface area contributed by atoms with Crippen LogP contribution in [0.15, 0.2) is 24.3 Å². The lowest BCUT2D eigenvalue weighted by atomic mass is 9.96. The minimum atomic E-state index is -0.0859. The van der Waals surface area contributed by atoms with Crippen LogP contribution < -0.4 is 5.32 Å². The minimum Gasteiger partial charge on any atom is -0.355 e.